The molecule has 2 aliphatic carbocycles. The highest BCUT2D eigenvalue weighted by Crippen LogP contribution is 2.61. The van der Waals surface area contributed by atoms with Crippen molar-refractivity contribution in [2.75, 3.05) is 0 Å². The number of carbonyl (C=O) groups excluding carboxylic acids is 1. The predicted octanol–water partition coefficient (Wildman–Crippen LogP) is 4.10. The van der Waals surface area contributed by atoms with Gasteiger partial charge in [-0.15, -0.1) is 0 Å². The summed E-state index contributed by atoms with van der Waals surface area (Å²) in [7, 11) is 0. The lowest BCUT2D eigenvalue weighted by Crippen LogP contribution is -2.56. The Labute approximate surface area is 111 Å². The van der Waals surface area contributed by atoms with E-state index >= 15 is 0 Å². The van der Waals surface area contributed by atoms with Crippen LogP contribution in [-0.4, -0.2) is 12.1 Å². The number of esters is 1. The van der Waals surface area contributed by atoms with Gasteiger partial charge in [0.15, 0.2) is 0 Å². The van der Waals surface area contributed by atoms with E-state index in [2.05, 4.69) is 27.4 Å². The highest BCUT2D eigenvalue weighted by Gasteiger charge is 2.56. The number of hydrogen-bond donors (Lipinski definition) is 0. The Balaban J connectivity index is 2.22. The standard InChI is InChI=1S/C16H26O2/c1-11(2)14(17)18-13-9-8-12-7-6-10-16(13,5)15(12,3)4/h12-13H,1,6-10H2,2-5H3. The summed E-state index contributed by atoms with van der Waals surface area (Å²) in [6, 6.07) is 0. The van der Waals surface area contributed by atoms with Crippen LogP contribution in [0.5, 0.6) is 0 Å². The topological polar surface area (TPSA) is 26.3 Å². The van der Waals surface area contributed by atoms with Gasteiger partial charge in [-0.25, -0.2) is 4.79 Å². The molecule has 0 spiro atoms. The van der Waals surface area contributed by atoms with Crippen LogP contribution >= 0.6 is 0 Å². The van der Waals surface area contributed by atoms with Crippen LogP contribution in [-0.2, 0) is 9.53 Å². The van der Waals surface area contributed by atoms with E-state index in [0.717, 1.165) is 12.3 Å². The van der Waals surface area contributed by atoms with Gasteiger partial charge in [-0.2, -0.15) is 0 Å². The summed E-state index contributed by atoms with van der Waals surface area (Å²) in [5, 5.41) is 0. The minimum Gasteiger partial charge on any atom is -0.458 e. The van der Waals surface area contributed by atoms with Crippen LogP contribution in [0.25, 0.3) is 0 Å². The second kappa shape index (κ2) is 4.40. The minimum atomic E-state index is -0.221. The van der Waals surface area contributed by atoms with Crippen LogP contribution in [0.4, 0.5) is 0 Å². The summed E-state index contributed by atoms with van der Waals surface area (Å²) in [6.45, 7) is 12.4. The van der Waals surface area contributed by atoms with Gasteiger partial charge in [0.1, 0.15) is 6.10 Å². The van der Waals surface area contributed by atoms with Crippen LogP contribution in [0.2, 0.25) is 0 Å². The SMILES string of the molecule is C=C(C)C(=O)OC1CCC2CCCC1(C)C2(C)C. The van der Waals surface area contributed by atoms with E-state index in [1.807, 2.05) is 0 Å². The van der Waals surface area contributed by atoms with Crippen molar-refractivity contribution < 1.29 is 9.53 Å². The molecule has 0 aromatic carbocycles. The first-order valence-corrected chi connectivity index (χ1v) is 7.15. The van der Waals surface area contributed by atoms with E-state index in [9.17, 15) is 4.79 Å². The molecule has 102 valence electrons. The van der Waals surface area contributed by atoms with E-state index in [4.69, 9.17) is 4.74 Å². The lowest BCUT2D eigenvalue weighted by Gasteiger charge is -2.59. The van der Waals surface area contributed by atoms with Crippen molar-refractivity contribution in [2.24, 2.45) is 16.7 Å². The van der Waals surface area contributed by atoms with E-state index in [0.29, 0.717) is 5.57 Å². The average molecular weight is 250 g/mol. The van der Waals surface area contributed by atoms with Crippen LogP contribution in [0.1, 0.15) is 59.8 Å². The molecule has 2 saturated carbocycles. The minimum absolute atomic E-state index is 0.0632. The molecule has 0 amide bonds. The first kappa shape index (κ1) is 13.6. The lowest BCUT2D eigenvalue weighted by atomic mass is 9.47. The molecule has 0 aromatic rings. The number of fused-ring (bicyclic) bond motifs is 2. The fraction of sp³-hybridized carbons (Fsp3) is 0.812. The smallest absolute Gasteiger partial charge is 0.333 e. The fourth-order valence-electron chi connectivity index (χ4n) is 4.04. The third-order valence-electron chi connectivity index (χ3n) is 5.83. The summed E-state index contributed by atoms with van der Waals surface area (Å²) < 4.78 is 5.74. The molecule has 0 N–H and O–H groups in total. The molecule has 2 fully saturated rings. The molecule has 3 unspecified atom stereocenters. The first-order chi connectivity index (χ1) is 8.29. The van der Waals surface area contributed by atoms with E-state index in [1.54, 1.807) is 6.92 Å². The second-order valence-electron chi connectivity index (χ2n) is 6.98. The van der Waals surface area contributed by atoms with Crippen LogP contribution in [0, 0.1) is 16.7 Å². The second-order valence-corrected chi connectivity index (χ2v) is 6.98. The molecule has 3 atom stereocenters. The predicted molar refractivity (Wildman–Crippen MR) is 73.2 cm³/mol. The van der Waals surface area contributed by atoms with Gasteiger partial charge in [-0.05, 0) is 43.9 Å². The zero-order chi connectivity index (χ0) is 13.6. The summed E-state index contributed by atoms with van der Waals surface area (Å²) in [4.78, 5) is 11.8. The van der Waals surface area contributed by atoms with Gasteiger partial charge in [0.05, 0.1) is 0 Å². The normalized spacial score (nSPS) is 38.0. The Morgan fingerprint density at radius 1 is 1.22 bits per heavy atom. The third kappa shape index (κ3) is 1.90. The highest BCUT2D eigenvalue weighted by molar-refractivity contribution is 5.87. The molecule has 2 heteroatoms. The van der Waals surface area contributed by atoms with E-state index < -0.39 is 0 Å². The Kier molecular flexibility index (Phi) is 3.33. The van der Waals surface area contributed by atoms with Gasteiger partial charge in [-0.3, -0.25) is 0 Å². The maximum absolute atomic E-state index is 11.8. The maximum atomic E-state index is 11.8. The largest absolute Gasteiger partial charge is 0.458 e. The number of hydrogen-bond acceptors (Lipinski definition) is 2. The van der Waals surface area contributed by atoms with Crippen LogP contribution in [0.3, 0.4) is 0 Å². The zero-order valence-corrected chi connectivity index (χ0v) is 12.2. The van der Waals surface area contributed by atoms with Gasteiger partial charge < -0.3 is 4.74 Å². The molecule has 2 aliphatic rings. The quantitative estimate of drug-likeness (QED) is 0.545. The van der Waals surface area contributed by atoms with Crippen molar-refractivity contribution in [3.8, 4) is 0 Å². The molecule has 0 saturated heterocycles. The van der Waals surface area contributed by atoms with Crippen molar-refractivity contribution >= 4 is 5.97 Å². The van der Waals surface area contributed by atoms with E-state index in [-0.39, 0.29) is 22.9 Å². The molecule has 0 aliphatic heterocycles. The highest BCUT2D eigenvalue weighted by atomic mass is 16.5. The average Bonchev–Trinajstić information content (AvgIpc) is 2.26. The number of ether oxygens (including phenoxy) is 1. The Morgan fingerprint density at radius 3 is 2.50 bits per heavy atom. The van der Waals surface area contributed by atoms with Gasteiger partial charge in [-0.1, -0.05) is 33.8 Å². The van der Waals surface area contributed by atoms with E-state index in [1.165, 1.54) is 25.7 Å². The summed E-state index contributed by atoms with van der Waals surface area (Å²) >= 11 is 0. The summed E-state index contributed by atoms with van der Waals surface area (Å²) in [5.41, 5.74) is 0.900. The Hall–Kier alpha value is -0.790. The van der Waals surface area contributed by atoms with Crippen molar-refractivity contribution in [3.63, 3.8) is 0 Å². The molecule has 2 nitrogen and oxygen atoms in total. The van der Waals surface area contributed by atoms with Crippen molar-refractivity contribution in [2.45, 2.75) is 65.9 Å². The molecule has 0 heterocycles. The van der Waals surface area contributed by atoms with Gasteiger partial charge >= 0.3 is 5.97 Å². The molecular formula is C16H26O2. The molecule has 18 heavy (non-hydrogen) atoms. The summed E-state index contributed by atoms with van der Waals surface area (Å²) in [6.07, 6.45) is 6.05. The molecule has 2 rings (SSSR count). The number of carbonyl (C=O) groups is 1. The van der Waals surface area contributed by atoms with Crippen molar-refractivity contribution in [1.29, 1.82) is 0 Å². The summed E-state index contributed by atoms with van der Waals surface area (Å²) in [5.74, 6) is 0.567. The molecule has 0 radical (unpaired) electrons. The Morgan fingerprint density at radius 2 is 1.89 bits per heavy atom. The Bertz CT molecular complexity index is 369. The van der Waals surface area contributed by atoms with Crippen LogP contribution in [0.15, 0.2) is 12.2 Å². The monoisotopic (exact) mass is 250 g/mol. The number of rotatable bonds is 2. The molecular weight excluding hydrogens is 224 g/mol. The maximum Gasteiger partial charge on any atom is 0.333 e. The van der Waals surface area contributed by atoms with Crippen molar-refractivity contribution in [1.82, 2.24) is 0 Å². The van der Waals surface area contributed by atoms with Gasteiger partial charge in [0.25, 0.3) is 0 Å². The van der Waals surface area contributed by atoms with Crippen molar-refractivity contribution in [3.05, 3.63) is 12.2 Å². The molecule has 2 bridgehead atoms. The first-order valence-electron chi connectivity index (χ1n) is 7.15. The van der Waals surface area contributed by atoms with Crippen LogP contribution < -0.4 is 0 Å². The molecule has 0 aromatic heterocycles. The lowest BCUT2D eigenvalue weighted by molar-refractivity contribution is -0.182. The van der Waals surface area contributed by atoms with Gasteiger partial charge in [0, 0.05) is 11.0 Å². The fourth-order valence-corrected chi connectivity index (χ4v) is 4.04. The zero-order valence-electron chi connectivity index (χ0n) is 12.2. The van der Waals surface area contributed by atoms with Gasteiger partial charge in [0.2, 0.25) is 0 Å². The third-order valence-corrected chi connectivity index (χ3v) is 5.83.